The van der Waals surface area contributed by atoms with Crippen molar-refractivity contribution >= 4 is 29.6 Å². The lowest BCUT2D eigenvalue weighted by molar-refractivity contribution is -0.596. The number of benzene rings is 3. The van der Waals surface area contributed by atoms with E-state index in [4.69, 9.17) is 16.3 Å². The molecule has 2 N–H and O–H groups in total. The number of halogens is 1. The number of carbonyl (C=O) groups excluding carboxylic acids is 2. The van der Waals surface area contributed by atoms with Gasteiger partial charge in [-0.25, -0.2) is 0 Å². The van der Waals surface area contributed by atoms with Crippen LogP contribution in [0, 0.1) is 0 Å². The van der Waals surface area contributed by atoms with Crippen LogP contribution in [0.4, 0.5) is 0 Å². The predicted octanol–water partition coefficient (Wildman–Crippen LogP) is 3.36. The Kier molecular flexibility index (Phi) is 6.00. The number of hydrazone groups is 1. The van der Waals surface area contributed by atoms with Gasteiger partial charge in [-0.2, -0.15) is 0 Å². The van der Waals surface area contributed by atoms with Gasteiger partial charge in [0.15, 0.2) is 6.04 Å². The van der Waals surface area contributed by atoms with E-state index in [1.54, 1.807) is 36.1 Å². The highest BCUT2D eigenvalue weighted by Crippen LogP contribution is 2.27. The number of nitrogens with zero attached hydrogens (tertiary/aromatic N) is 1. The van der Waals surface area contributed by atoms with Crippen molar-refractivity contribution in [2.24, 2.45) is 0 Å². The first-order valence-electron chi connectivity index (χ1n) is 9.74. The number of ether oxygens (including phenoxy) is 1. The average Bonchev–Trinajstić information content (AvgIpc) is 3.09. The van der Waals surface area contributed by atoms with Crippen molar-refractivity contribution in [1.29, 1.82) is 0 Å². The maximum atomic E-state index is 12.9. The molecular formula is C24H21ClN3O3+. The predicted molar refractivity (Wildman–Crippen MR) is 118 cm³/mol. The van der Waals surface area contributed by atoms with Gasteiger partial charge in [-0.1, -0.05) is 29.8 Å². The summed E-state index contributed by atoms with van der Waals surface area (Å²) in [7, 11) is 1.60. The number of hydrazine groups is 1. The fraction of sp³-hybridized carbons (Fsp3) is 0.125. The molecule has 2 amide bonds. The van der Waals surface area contributed by atoms with E-state index in [2.05, 4.69) is 10.7 Å². The third-order valence-corrected chi connectivity index (χ3v) is 5.33. The van der Waals surface area contributed by atoms with Crippen LogP contribution in [-0.4, -0.2) is 35.9 Å². The van der Waals surface area contributed by atoms with E-state index in [0.717, 1.165) is 11.1 Å². The molecule has 0 saturated carbocycles. The van der Waals surface area contributed by atoms with Crippen LogP contribution < -0.4 is 15.5 Å². The normalized spacial score (nSPS) is 19.2. The first kappa shape index (κ1) is 20.6. The summed E-state index contributed by atoms with van der Waals surface area (Å²) in [6.07, 6.45) is 1.85. The van der Waals surface area contributed by atoms with Crippen molar-refractivity contribution in [2.75, 3.05) is 7.11 Å². The van der Waals surface area contributed by atoms with Crippen LogP contribution in [0.3, 0.4) is 0 Å². The van der Waals surface area contributed by atoms with Crippen molar-refractivity contribution in [3.05, 3.63) is 101 Å². The number of hydrogen-bond acceptors (Lipinski definition) is 3. The Labute approximate surface area is 185 Å². The van der Waals surface area contributed by atoms with Gasteiger partial charge < -0.3 is 10.1 Å². The number of methoxy groups -OCH3 is 1. The molecule has 0 spiro atoms. The summed E-state index contributed by atoms with van der Waals surface area (Å²) in [5.74, 6) is 0.0635. The minimum atomic E-state index is -0.795. The number of carbonyl (C=O) groups is 2. The van der Waals surface area contributed by atoms with Gasteiger partial charge in [-0.3, -0.25) is 9.59 Å². The van der Waals surface area contributed by atoms with Crippen molar-refractivity contribution in [3.8, 4) is 5.75 Å². The third kappa shape index (κ3) is 4.59. The SMILES string of the molecule is COc1ccc([C@H]2[C@@H](NC(=O)c3ccc(Cl)cc3)C(=O)N/[N+]2=C\c2ccccc2)cc1. The zero-order chi connectivity index (χ0) is 21.8. The highest BCUT2D eigenvalue weighted by molar-refractivity contribution is 6.30. The Morgan fingerprint density at radius 2 is 1.71 bits per heavy atom. The number of rotatable bonds is 5. The van der Waals surface area contributed by atoms with Crippen LogP contribution >= 0.6 is 11.6 Å². The number of amides is 2. The summed E-state index contributed by atoms with van der Waals surface area (Å²) in [6.45, 7) is 0. The van der Waals surface area contributed by atoms with E-state index in [-0.39, 0.29) is 11.8 Å². The van der Waals surface area contributed by atoms with Crippen LogP contribution in [0.15, 0.2) is 78.9 Å². The summed E-state index contributed by atoms with van der Waals surface area (Å²) in [5, 5.41) is 3.41. The molecule has 1 aliphatic heterocycles. The van der Waals surface area contributed by atoms with Gasteiger partial charge in [0.25, 0.3) is 5.91 Å². The smallest absolute Gasteiger partial charge is 0.304 e. The van der Waals surface area contributed by atoms with Gasteiger partial charge in [0, 0.05) is 21.7 Å². The molecule has 0 aromatic heterocycles. The van der Waals surface area contributed by atoms with Crippen LogP contribution in [0.1, 0.15) is 27.5 Å². The molecule has 0 bridgehead atoms. The lowest BCUT2D eigenvalue weighted by Gasteiger charge is -2.15. The molecule has 4 rings (SSSR count). The summed E-state index contributed by atoms with van der Waals surface area (Å²) in [6, 6.07) is 22.4. The maximum absolute atomic E-state index is 12.9. The van der Waals surface area contributed by atoms with Crippen molar-refractivity contribution in [1.82, 2.24) is 10.7 Å². The first-order valence-corrected chi connectivity index (χ1v) is 10.1. The second kappa shape index (κ2) is 9.02. The van der Waals surface area contributed by atoms with E-state index < -0.39 is 12.1 Å². The largest absolute Gasteiger partial charge is 0.497 e. The van der Waals surface area contributed by atoms with Crippen LogP contribution in [0.5, 0.6) is 5.75 Å². The van der Waals surface area contributed by atoms with E-state index in [9.17, 15) is 9.59 Å². The van der Waals surface area contributed by atoms with Crippen LogP contribution in [-0.2, 0) is 4.79 Å². The van der Waals surface area contributed by atoms with Gasteiger partial charge in [-0.05, 0) is 60.7 Å². The Morgan fingerprint density at radius 3 is 2.35 bits per heavy atom. The molecule has 0 unspecified atom stereocenters. The van der Waals surface area contributed by atoms with Crippen molar-refractivity contribution in [3.63, 3.8) is 0 Å². The van der Waals surface area contributed by atoms with Crippen LogP contribution in [0.2, 0.25) is 5.02 Å². The molecular weight excluding hydrogens is 414 g/mol. The first-order chi connectivity index (χ1) is 15.0. The minimum absolute atomic E-state index is 0.296. The van der Waals surface area contributed by atoms with E-state index in [1.807, 2.05) is 60.8 Å². The lowest BCUT2D eigenvalue weighted by Crippen LogP contribution is -2.42. The van der Waals surface area contributed by atoms with E-state index in [0.29, 0.717) is 16.3 Å². The highest BCUT2D eigenvalue weighted by atomic mass is 35.5. The highest BCUT2D eigenvalue weighted by Gasteiger charge is 2.47. The fourth-order valence-electron chi connectivity index (χ4n) is 3.51. The second-order valence-electron chi connectivity index (χ2n) is 7.10. The van der Waals surface area contributed by atoms with Crippen molar-refractivity contribution in [2.45, 2.75) is 12.1 Å². The van der Waals surface area contributed by atoms with Gasteiger partial charge in [-0.15, -0.1) is 10.1 Å². The molecule has 3 aromatic rings. The van der Waals surface area contributed by atoms with Crippen LogP contribution in [0.25, 0.3) is 0 Å². The molecule has 1 aliphatic rings. The zero-order valence-corrected chi connectivity index (χ0v) is 17.5. The molecule has 7 heteroatoms. The molecule has 31 heavy (non-hydrogen) atoms. The molecule has 1 heterocycles. The van der Waals surface area contributed by atoms with Gasteiger partial charge in [0.05, 0.1) is 7.11 Å². The van der Waals surface area contributed by atoms with E-state index in [1.165, 1.54) is 0 Å². The standard InChI is InChI=1S/C24H20ClN3O3/c1-31-20-13-9-17(10-14-20)22-21(26-23(29)18-7-11-19(25)12-8-18)24(30)27-28(22)15-16-5-3-2-4-6-16/h2-15,21-22H,1H3,(H-,26,27,29,30)/p+1/b28-15-/t21-,22+/m1/s1. The summed E-state index contributed by atoms with van der Waals surface area (Å²) >= 11 is 5.92. The molecule has 1 fully saturated rings. The molecule has 156 valence electrons. The second-order valence-corrected chi connectivity index (χ2v) is 7.54. The topological polar surface area (TPSA) is 70.4 Å². The van der Waals surface area contributed by atoms with Gasteiger partial charge in [0.2, 0.25) is 12.3 Å². The Morgan fingerprint density at radius 1 is 1.03 bits per heavy atom. The quantitative estimate of drug-likeness (QED) is 0.605. The fourth-order valence-corrected chi connectivity index (χ4v) is 3.63. The molecule has 1 saturated heterocycles. The minimum Gasteiger partial charge on any atom is -0.497 e. The number of nitrogens with one attached hydrogen (secondary N) is 2. The zero-order valence-electron chi connectivity index (χ0n) is 16.8. The maximum Gasteiger partial charge on any atom is 0.304 e. The van der Waals surface area contributed by atoms with E-state index >= 15 is 0 Å². The Hall–Kier alpha value is -3.64. The molecule has 0 radical (unpaired) electrons. The molecule has 3 aromatic carbocycles. The number of hydrogen-bond donors (Lipinski definition) is 2. The summed E-state index contributed by atoms with van der Waals surface area (Å²) in [5.41, 5.74) is 5.07. The Bertz CT molecular complexity index is 1110. The summed E-state index contributed by atoms with van der Waals surface area (Å²) < 4.78 is 6.98. The molecule has 2 atom stereocenters. The average molecular weight is 435 g/mol. The van der Waals surface area contributed by atoms with Gasteiger partial charge in [0.1, 0.15) is 5.75 Å². The Balaban J connectivity index is 1.69. The van der Waals surface area contributed by atoms with Crippen molar-refractivity contribution < 1.29 is 19.0 Å². The van der Waals surface area contributed by atoms with Gasteiger partial charge >= 0.3 is 5.91 Å². The lowest BCUT2D eigenvalue weighted by atomic mass is 9.99. The molecule has 6 nitrogen and oxygen atoms in total. The molecule has 0 aliphatic carbocycles. The summed E-state index contributed by atoms with van der Waals surface area (Å²) in [4.78, 5) is 25.7. The third-order valence-electron chi connectivity index (χ3n) is 5.08. The monoisotopic (exact) mass is 434 g/mol.